The van der Waals surface area contributed by atoms with Gasteiger partial charge in [0.2, 0.25) is 5.91 Å². The lowest BCUT2D eigenvalue weighted by Gasteiger charge is -2.31. The van der Waals surface area contributed by atoms with Crippen LogP contribution in [0.4, 0.5) is 13.2 Å². The van der Waals surface area contributed by atoms with Gasteiger partial charge in [-0.3, -0.25) is 15.5 Å². The molecule has 0 aromatic carbocycles. The normalized spacial score (nSPS) is 39.5. The summed E-state index contributed by atoms with van der Waals surface area (Å²) in [5, 5.41) is 5.37. The highest BCUT2D eigenvalue weighted by molar-refractivity contribution is 6.21. The van der Waals surface area contributed by atoms with Crippen LogP contribution >= 0.6 is 11.6 Å². The van der Waals surface area contributed by atoms with Crippen LogP contribution in [0, 0.1) is 11.8 Å². The van der Waals surface area contributed by atoms with Gasteiger partial charge < -0.3 is 10.1 Å². The average Bonchev–Trinajstić information content (AvgIpc) is 3.18. The van der Waals surface area contributed by atoms with E-state index in [9.17, 15) is 18.0 Å². The molecule has 0 aromatic rings. The first-order valence-corrected chi connectivity index (χ1v) is 11.9. The van der Waals surface area contributed by atoms with Gasteiger partial charge in [-0.25, -0.2) is 23.6 Å². The van der Waals surface area contributed by atoms with E-state index in [1.807, 2.05) is 6.92 Å². The van der Waals surface area contributed by atoms with Gasteiger partial charge in [0.1, 0.15) is 24.7 Å². The van der Waals surface area contributed by atoms with E-state index in [2.05, 4.69) is 26.5 Å². The standard InChI is InChI=1S/C21H35ClF3N5O2/c1-11(10-32-2)26-21(28-20(31)12-3-4-16(22)17(25)7-12)27-19-9-18(29-30-19)13-5-14(23)8-15(24)6-13/h11-19,29-30H,3-10H2,1-2H3,(H2,26,27,28,31)/t11-,12?,13?,14?,15?,16?,17?,18?,19?/m0/s1. The number of guanidine groups is 1. The molecule has 1 saturated heterocycles. The number of nitrogens with one attached hydrogen (secondary N) is 4. The van der Waals surface area contributed by atoms with Crippen LogP contribution in [0.2, 0.25) is 0 Å². The number of carbonyl (C=O) groups is 1. The Morgan fingerprint density at radius 2 is 1.84 bits per heavy atom. The van der Waals surface area contributed by atoms with Crippen LogP contribution in [0.5, 0.6) is 0 Å². The van der Waals surface area contributed by atoms with Gasteiger partial charge in [-0.1, -0.05) is 0 Å². The first kappa shape index (κ1) is 25.5. The molecule has 1 aliphatic heterocycles. The lowest BCUT2D eigenvalue weighted by Crippen LogP contribution is -2.50. The van der Waals surface area contributed by atoms with Crippen LogP contribution < -0.4 is 21.5 Å². The van der Waals surface area contributed by atoms with Crippen molar-refractivity contribution in [3.8, 4) is 0 Å². The average molecular weight is 482 g/mol. The SMILES string of the molecule is COC[C@H](C)N/C(=N\C1CC(C2CC(F)CC(F)C2)NN1)NC(=O)C1CCC(Cl)C(F)C1. The molecule has 1 amide bonds. The lowest BCUT2D eigenvalue weighted by molar-refractivity contribution is -0.125. The number of hydrogen-bond donors (Lipinski definition) is 4. The van der Waals surface area contributed by atoms with Crippen molar-refractivity contribution >= 4 is 23.5 Å². The number of amides is 1. The van der Waals surface area contributed by atoms with Crippen molar-refractivity contribution in [1.82, 2.24) is 21.5 Å². The minimum absolute atomic E-state index is 0.0267. The summed E-state index contributed by atoms with van der Waals surface area (Å²) in [5.74, 6) is -0.634. The molecule has 2 saturated carbocycles. The van der Waals surface area contributed by atoms with Gasteiger partial charge in [-0.05, 0) is 44.9 Å². The molecule has 32 heavy (non-hydrogen) atoms. The molecule has 0 radical (unpaired) electrons. The van der Waals surface area contributed by atoms with Crippen molar-refractivity contribution in [2.24, 2.45) is 16.8 Å². The van der Waals surface area contributed by atoms with Gasteiger partial charge >= 0.3 is 0 Å². The quantitative estimate of drug-likeness (QED) is 0.266. The number of nitrogens with zero attached hydrogens (tertiary/aromatic N) is 1. The highest BCUT2D eigenvalue weighted by atomic mass is 35.5. The van der Waals surface area contributed by atoms with Crippen LogP contribution in [-0.4, -0.2) is 67.7 Å². The number of methoxy groups -OCH3 is 1. The predicted molar refractivity (Wildman–Crippen MR) is 118 cm³/mol. The van der Waals surface area contributed by atoms with Crippen molar-refractivity contribution in [2.45, 2.75) is 94.0 Å². The molecule has 7 nitrogen and oxygen atoms in total. The zero-order chi connectivity index (χ0) is 23.3. The second-order valence-corrected chi connectivity index (χ2v) is 9.88. The fourth-order valence-corrected chi connectivity index (χ4v) is 5.06. The number of ether oxygens (including phenoxy) is 1. The Hall–Kier alpha value is -1.10. The summed E-state index contributed by atoms with van der Waals surface area (Å²) >= 11 is 5.94. The first-order valence-electron chi connectivity index (χ1n) is 11.5. The van der Waals surface area contributed by atoms with Crippen molar-refractivity contribution in [1.29, 1.82) is 0 Å². The molecule has 0 spiro atoms. The van der Waals surface area contributed by atoms with Crippen molar-refractivity contribution in [2.75, 3.05) is 13.7 Å². The maximum atomic E-state index is 14.0. The van der Waals surface area contributed by atoms with Crippen molar-refractivity contribution in [3.63, 3.8) is 0 Å². The molecular weight excluding hydrogens is 447 g/mol. The summed E-state index contributed by atoms with van der Waals surface area (Å²) in [5.41, 5.74) is 6.16. The molecule has 2 aliphatic carbocycles. The highest BCUT2D eigenvalue weighted by Crippen LogP contribution is 2.33. The second kappa shape index (κ2) is 11.9. The predicted octanol–water partition coefficient (Wildman–Crippen LogP) is 2.50. The smallest absolute Gasteiger partial charge is 0.229 e. The van der Waals surface area contributed by atoms with E-state index in [0.29, 0.717) is 38.7 Å². The third-order valence-corrected chi connectivity index (χ3v) is 6.99. The second-order valence-electron chi connectivity index (χ2n) is 9.32. The molecule has 184 valence electrons. The molecule has 1 heterocycles. The maximum absolute atomic E-state index is 14.0. The molecule has 3 fully saturated rings. The van der Waals surface area contributed by atoms with Gasteiger partial charge in [-0.2, -0.15) is 0 Å². The summed E-state index contributed by atoms with van der Waals surface area (Å²) < 4.78 is 46.8. The molecular formula is C21H35ClF3N5O2. The number of hydrazine groups is 1. The van der Waals surface area contributed by atoms with Crippen LogP contribution in [0.25, 0.3) is 0 Å². The summed E-state index contributed by atoms with van der Waals surface area (Å²) in [6.07, 6.45) is -1.62. The van der Waals surface area contributed by atoms with Crippen LogP contribution in [-0.2, 0) is 9.53 Å². The van der Waals surface area contributed by atoms with Crippen LogP contribution in [0.1, 0.15) is 51.9 Å². The zero-order valence-corrected chi connectivity index (χ0v) is 19.4. The Balaban J connectivity index is 1.62. The molecule has 3 aliphatic rings. The molecule has 11 heteroatoms. The van der Waals surface area contributed by atoms with E-state index < -0.39 is 29.8 Å². The molecule has 4 N–H and O–H groups in total. The van der Waals surface area contributed by atoms with E-state index in [1.54, 1.807) is 7.11 Å². The number of hydrogen-bond acceptors (Lipinski definition) is 5. The minimum atomic E-state index is -1.21. The number of rotatable bonds is 6. The van der Waals surface area contributed by atoms with Crippen LogP contribution in [0.3, 0.4) is 0 Å². The van der Waals surface area contributed by atoms with Crippen molar-refractivity contribution < 1.29 is 22.7 Å². The third kappa shape index (κ3) is 7.20. The maximum Gasteiger partial charge on any atom is 0.229 e. The zero-order valence-electron chi connectivity index (χ0n) is 18.6. The highest BCUT2D eigenvalue weighted by Gasteiger charge is 2.38. The van der Waals surface area contributed by atoms with Gasteiger partial charge in [0.15, 0.2) is 5.96 Å². The molecule has 0 bridgehead atoms. The monoisotopic (exact) mass is 481 g/mol. The fourth-order valence-electron chi connectivity index (χ4n) is 4.83. The summed E-state index contributed by atoms with van der Waals surface area (Å²) in [4.78, 5) is 17.4. The van der Waals surface area contributed by atoms with Gasteiger partial charge in [0, 0.05) is 38.0 Å². The number of aliphatic imine (C=N–C) groups is 1. The summed E-state index contributed by atoms with van der Waals surface area (Å²) in [7, 11) is 1.58. The van der Waals surface area contributed by atoms with E-state index in [1.165, 1.54) is 0 Å². The van der Waals surface area contributed by atoms with Gasteiger partial charge in [0.25, 0.3) is 0 Å². The molecule has 3 rings (SSSR count). The van der Waals surface area contributed by atoms with E-state index in [4.69, 9.17) is 16.3 Å². The lowest BCUT2D eigenvalue weighted by atomic mass is 9.81. The Bertz CT molecular complexity index is 651. The third-order valence-electron chi connectivity index (χ3n) is 6.50. The minimum Gasteiger partial charge on any atom is -0.383 e. The Morgan fingerprint density at radius 1 is 1.12 bits per heavy atom. The van der Waals surface area contributed by atoms with Gasteiger partial charge in [-0.15, -0.1) is 11.6 Å². The fraction of sp³-hybridized carbons (Fsp3) is 0.905. The Morgan fingerprint density at radius 3 is 2.50 bits per heavy atom. The molecule has 0 aromatic heterocycles. The molecule has 8 atom stereocenters. The van der Waals surface area contributed by atoms with E-state index in [0.717, 1.165) is 0 Å². The van der Waals surface area contributed by atoms with E-state index in [-0.39, 0.29) is 48.9 Å². The number of carbonyl (C=O) groups excluding carboxylic acids is 1. The number of alkyl halides is 4. The summed E-state index contributed by atoms with van der Waals surface area (Å²) in [6.45, 7) is 2.28. The van der Waals surface area contributed by atoms with E-state index >= 15 is 0 Å². The number of halogens is 4. The van der Waals surface area contributed by atoms with Crippen molar-refractivity contribution in [3.05, 3.63) is 0 Å². The summed E-state index contributed by atoms with van der Waals surface area (Å²) in [6, 6.07) is -0.241. The largest absolute Gasteiger partial charge is 0.383 e. The topological polar surface area (TPSA) is 86.8 Å². The van der Waals surface area contributed by atoms with Crippen LogP contribution in [0.15, 0.2) is 4.99 Å². The first-order chi connectivity index (χ1) is 15.2. The Kier molecular flexibility index (Phi) is 9.45. The van der Waals surface area contributed by atoms with Gasteiger partial charge in [0.05, 0.1) is 12.0 Å². The Labute approximate surface area is 192 Å². The molecule has 7 unspecified atom stereocenters.